The molecule has 2 atom stereocenters. The van der Waals surface area contributed by atoms with Gasteiger partial charge in [0.05, 0.1) is 35.0 Å². The van der Waals surface area contributed by atoms with Crippen LogP contribution >= 0.6 is 0 Å². The smallest absolute Gasteiger partial charge is 0.303 e. The fraction of sp³-hybridized carbons (Fsp3) is 0.371. The maximum Gasteiger partial charge on any atom is 0.303 e. The van der Waals surface area contributed by atoms with E-state index in [1.165, 1.54) is 0 Å². The summed E-state index contributed by atoms with van der Waals surface area (Å²) < 4.78 is 1.98. The Balaban J connectivity index is 1.99. The van der Waals surface area contributed by atoms with Gasteiger partial charge in [0.25, 0.3) is 0 Å². The number of aliphatic carboxylic acids is 2. The molecule has 0 radical (unpaired) electrons. The predicted molar refractivity (Wildman–Crippen MR) is 175 cm³/mol. The number of H-pyrrole nitrogens is 1. The summed E-state index contributed by atoms with van der Waals surface area (Å²) >= 11 is 0. The third-order valence-electron chi connectivity index (χ3n) is 9.05. The summed E-state index contributed by atoms with van der Waals surface area (Å²) in [6.45, 7) is 11.1. The molecule has 3 aromatic heterocycles. The van der Waals surface area contributed by atoms with Crippen molar-refractivity contribution in [2.45, 2.75) is 79.4 Å². The van der Waals surface area contributed by atoms with Gasteiger partial charge >= 0.3 is 11.9 Å². The number of carboxylic acids is 2. The average molecular weight is 613 g/mol. The lowest BCUT2D eigenvalue weighted by Gasteiger charge is -2.08. The maximum atomic E-state index is 11.6. The maximum absolute atomic E-state index is 11.6. The van der Waals surface area contributed by atoms with Crippen LogP contribution in [-0.2, 0) is 23.1 Å². The largest absolute Gasteiger partial charge is 0.481 e. The van der Waals surface area contributed by atoms with Gasteiger partial charge in [-0.05, 0) is 112 Å². The number of fused-ring (bicyclic) bond motifs is 8. The molecule has 236 valence electrons. The quantitative estimate of drug-likeness (QED) is 0.203. The molecule has 0 aromatic carbocycles. The van der Waals surface area contributed by atoms with Gasteiger partial charge in [-0.3, -0.25) is 9.59 Å². The van der Waals surface area contributed by atoms with Crippen LogP contribution in [0.1, 0.15) is 98.1 Å². The Hall–Kier alpha value is -4.54. The van der Waals surface area contributed by atoms with Crippen molar-refractivity contribution in [2.75, 3.05) is 0 Å². The Labute approximate surface area is 261 Å². The third kappa shape index (κ3) is 5.83. The topological polar surface area (TPSA) is 162 Å². The predicted octanol–water partition coefficient (Wildman–Crippen LogP) is 6.12. The molecule has 0 amide bonds. The SMILES string of the molecule is CC1=C(CCC(=O)O)c2cc3c(CCC(=O)O)c(C)c(cc4nc(cc5[nH]c(cc1n2)c(C)c5C(C)O)C(C)=C4C(C)O)n3C. The molecular formula is C35H40N4O6. The second-order valence-electron chi connectivity index (χ2n) is 12.0. The molecule has 5 rings (SSSR count). The molecule has 10 nitrogen and oxygen atoms in total. The lowest BCUT2D eigenvalue weighted by Crippen LogP contribution is -2.03. The van der Waals surface area contributed by atoms with Gasteiger partial charge in [-0.1, -0.05) is 0 Å². The van der Waals surface area contributed by atoms with Crippen LogP contribution in [0.2, 0.25) is 0 Å². The summed E-state index contributed by atoms with van der Waals surface area (Å²) in [4.78, 5) is 36.6. The molecule has 2 aliphatic heterocycles. The van der Waals surface area contributed by atoms with Gasteiger partial charge in [-0.15, -0.1) is 0 Å². The van der Waals surface area contributed by atoms with Crippen molar-refractivity contribution in [2.24, 2.45) is 7.05 Å². The van der Waals surface area contributed by atoms with Crippen LogP contribution in [0.25, 0.3) is 44.4 Å². The summed E-state index contributed by atoms with van der Waals surface area (Å²) in [6.07, 6.45) is -1.13. The van der Waals surface area contributed by atoms with E-state index in [0.29, 0.717) is 40.3 Å². The summed E-state index contributed by atoms with van der Waals surface area (Å²) in [6, 6.07) is 7.65. The van der Waals surface area contributed by atoms with Crippen LogP contribution in [0.3, 0.4) is 0 Å². The van der Waals surface area contributed by atoms with E-state index >= 15 is 0 Å². The fourth-order valence-corrected chi connectivity index (χ4v) is 6.67. The van der Waals surface area contributed by atoms with Crippen molar-refractivity contribution in [3.63, 3.8) is 0 Å². The number of hydrogen-bond donors (Lipinski definition) is 5. The summed E-state index contributed by atoms with van der Waals surface area (Å²) in [7, 11) is 1.90. The molecule has 3 aromatic rings. The number of carboxylic acid groups (broad SMARTS) is 2. The van der Waals surface area contributed by atoms with Crippen molar-refractivity contribution < 1.29 is 30.0 Å². The first-order chi connectivity index (χ1) is 21.2. The molecule has 2 unspecified atom stereocenters. The summed E-state index contributed by atoms with van der Waals surface area (Å²) in [5.74, 6) is -1.82. The van der Waals surface area contributed by atoms with Gasteiger partial charge in [0.1, 0.15) is 0 Å². The van der Waals surface area contributed by atoms with Gasteiger partial charge in [0.2, 0.25) is 0 Å². The average Bonchev–Trinajstić information content (AvgIpc) is 3.59. The fourth-order valence-electron chi connectivity index (χ4n) is 6.67. The Kier molecular flexibility index (Phi) is 8.57. The molecule has 0 saturated heterocycles. The van der Waals surface area contributed by atoms with E-state index in [-0.39, 0.29) is 19.3 Å². The van der Waals surface area contributed by atoms with Crippen molar-refractivity contribution in [1.29, 1.82) is 0 Å². The van der Waals surface area contributed by atoms with E-state index in [9.17, 15) is 30.0 Å². The van der Waals surface area contributed by atoms with Crippen LogP contribution in [0.5, 0.6) is 0 Å². The molecule has 8 bridgehead atoms. The first-order valence-corrected chi connectivity index (χ1v) is 15.1. The minimum atomic E-state index is -0.910. The highest BCUT2D eigenvalue weighted by molar-refractivity contribution is 5.96. The Bertz CT molecular complexity index is 1970. The minimum Gasteiger partial charge on any atom is -0.481 e. The first-order valence-electron chi connectivity index (χ1n) is 15.1. The molecule has 0 spiro atoms. The Morgan fingerprint density at radius 2 is 1.33 bits per heavy atom. The molecule has 45 heavy (non-hydrogen) atoms. The number of hydrogen-bond acceptors (Lipinski definition) is 6. The normalized spacial score (nSPS) is 14.7. The van der Waals surface area contributed by atoms with Crippen LogP contribution in [-0.4, -0.2) is 58.0 Å². The lowest BCUT2D eigenvalue weighted by atomic mass is 9.99. The number of carbonyl (C=O) groups is 2. The molecular weight excluding hydrogens is 572 g/mol. The van der Waals surface area contributed by atoms with Crippen molar-refractivity contribution in [1.82, 2.24) is 19.5 Å². The first kappa shape index (κ1) is 31.9. The van der Waals surface area contributed by atoms with Crippen LogP contribution in [0.4, 0.5) is 0 Å². The molecule has 2 aliphatic rings. The van der Waals surface area contributed by atoms with Gasteiger partial charge in [0, 0.05) is 53.1 Å². The van der Waals surface area contributed by atoms with E-state index in [1.54, 1.807) is 13.8 Å². The highest BCUT2D eigenvalue weighted by atomic mass is 16.4. The monoisotopic (exact) mass is 612 g/mol. The molecule has 0 fully saturated rings. The molecule has 10 heteroatoms. The molecule has 0 aliphatic carbocycles. The highest BCUT2D eigenvalue weighted by Gasteiger charge is 2.24. The van der Waals surface area contributed by atoms with Gasteiger partial charge in [-0.25, -0.2) is 9.97 Å². The number of aromatic nitrogens is 4. The molecule has 5 N–H and O–H groups in total. The van der Waals surface area contributed by atoms with Gasteiger partial charge < -0.3 is 30.0 Å². The number of aliphatic hydroxyl groups is 2. The standard InChI is InChI=1S/C35H40N4O6/c1-16-22(8-10-32(42)43)27-14-31-23(9-11-33(44)45)17(2)30(39(31)7)15-29-35(21(6)41)19(4)26(38-29)13-28-34(20(5)40)18(3)25(37-28)12-24(16)36-27/h12-15,20-21,37,40-41H,8-11H2,1-7H3,(H,42,43)(H,44,45). The molecule has 5 heterocycles. The van der Waals surface area contributed by atoms with E-state index in [0.717, 1.165) is 55.5 Å². The summed E-state index contributed by atoms with van der Waals surface area (Å²) in [5, 5.41) is 40.7. The number of nitrogens with one attached hydrogen (secondary N) is 1. The van der Waals surface area contributed by atoms with Crippen LogP contribution < -0.4 is 0 Å². The number of allylic oxidation sites excluding steroid dienone is 3. The Morgan fingerprint density at radius 3 is 1.96 bits per heavy atom. The highest BCUT2D eigenvalue weighted by Crippen LogP contribution is 2.38. The second-order valence-corrected chi connectivity index (χ2v) is 12.0. The van der Waals surface area contributed by atoms with Crippen LogP contribution in [0, 0.1) is 13.8 Å². The van der Waals surface area contributed by atoms with Crippen molar-refractivity contribution in [3.8, 4) is 0 Å². The number of aliphatic hydroxyl groups excluding tert-OH is 2. The third-order valence-corrected chi connectivity index (χ3v) is 9.05. The number of aromatic amines is 1. The van der Waals surface area contributed by atoms with E-state index < -0.39 is 24.1 Å². The minimum absolute atomic E-state index is 0.0604. The summed E-state index contributed by atoms with van der Waals surface area (Å²) in [5.41, 5.74) is 12.1. The van der Waals surface area contributed by atoms with Crippen molar-refractivity contribution >= 4 is 56.3 Å². The van der Waals surface area contributed by atoms with E-state index in [2.05, 4.69) is 4.98 Å². The van der Waals surface area contributed by atoms with Gasteiger partial charge in [0.15, 0.2) is 0 Å². The Morgan fingerprint density at radius 1 is 0.756 bits per heavy atom. The van der Waals surface area contributed by atoms with Gasteiger partial charge in [-0.2, -0.15) is 0 Å². The molecule has 0 saturated carbocycles. The zero-order chi connectivity index (χ0) is 32.9. The van der Waals surface area contributed by atoms with Crippen LogP contribution in [0.15, 0.2) is 24.3 Å². The zero-order valence-corrected chi connectivity index (χ0v) is 26.7. The lowest BCUT2D eigenvalue weighted by molar-refractivity contribution is -0.137. The van der Waals surface area contributed by atoms with Crippen molar-refractivity contribution in [3.05, 3.63) is 69.3 Å². The second kappa shape index (κ2) is 12.1. The number of nitrogens with zero attached hydrogens (tertiary/aromatic N) is 3. The number of aryl methyl sites for hydroxylation is 4. The zero-order valence-electron chi connectivity index (χ0n) is 26.7. The van der Waals surface area contributed by atoms with E-state index in [4.69, 9.17) is 9.97 Å². The van der Waals surface area contributed by atoms with E-state index in [1.807, 2.05) is 63.6 Å². The number of rotatable bonds is 8.